The maximum absolute atomic E-state index is 11.6. The van der Waals surface area contributed by atoms with Gasteiger partial charge in [0.15, 0.2) is 5.78 Å². The predicted octanol–water partition coefficient (Wildman–Crippen LogP) is 4.78. The van der Waals surface area contributed by atoms with Crippen molar-refractivity contribution >= 4 is 50.4 Å². The van der Waals surface area contributed by atoms with Crippen molar-refractivity contribution in [3.05, 3.63) is 45.6 Å². The highest BCUT2D eigenvalue weighted by molar-refractivity contribution is 7.19. The van der Waals surface area contributed by atoms with Gasteiger partial charge in [-0.05, 0) is 55.5 Å². The molecule has 6 heteroatoms. The number of carbonyl (C=O) groups is 1. The summed E-state index contributed by atoms with van der Waals surface area (Å²) in [5, 5.41) is 4.63. The summed E-state index contributed by atoms with van der Waals surface area (Å²) in [5.41, 5.74) is 2.83. The number of carbonyl (C=O) groups excluding carboxylic acids is 1. The fourth-order valence-electron chi connectivity index (χ4n) is 3.01. The Bertz CT molecular complexity index is 935. The molecule has 0 aliphatic heterocycles. The van der Waals surface area contributed by atoms with E-state index in [1.54, 1.807) is 24.3 Å². The minimum atomic E-state index is 0.0379. The van der Waals surface area contributed by atoms with E-state index in [-0.39, 0.29) is 11.1 Å². The number of rotatable bonds is 3. The molecule has 0 atom stereocenters. The topological polar surface area (TPSA) is 54.9 Å². The van der Waals surface area contributed by atoms with Crippen LogP contribution in [0.2, 0.25) is 5.28 Å². The SMILES string of the molecule is CC(=O)c1cccc(Nc2nc(Cl)nc3sc4c(c23)CCC4)c1. The highest BCUT2D eigenvalue weighted by Crippen LogP contribution is 2.40. The molecule has 3 aromatic rings. The summed E-state index contributed by atoms with van der Waals surface area (Å²) in [7, 11) is 0. The van der Waals surface area contributed by atoms with Crippen molar-refractivity contribution in [1.82, 2.24) is 9.97 Å². The van der Waals surface area contributed by atoms with Crippen LogP contribution < -0.4 is 5.32 Å². The molecule has 0 radical (unpaired) electrons. The summed E-state index contributed by atoms with van der Waals surface area (Å²) in [6.07, 6.45) is 3.34. The number of thiophene rings is 1. The van der Waals surface area contributed by atoms with E-state index in [0.717, 1.165) is 34.6 Å². The summed E-state index contributed by atoms with van der Waals surface area (Å²) in [6, 6.07) is 7.41. The van der Waals surface area contributed by atoms with E-state index in [0.29, 0.717) is 5.56 Å². The van der Waals surface area contributed by atoms with Gasteiger partial charge in [0.1, 0.15) is 10.6 Å². The van der Waals surface area contributed by atoms with Crippen molar-refractivity contribution in [2.24, 2.45) is 0 Å². The van der Waals surface area contributed by atoms with Crippen LogP contribution in [0.25, 0.3) is 10.2 Å². The van der Waals surface area contributed by atoms with E-state index in [1.165, 1.54) is 16.9 Å². The van der Waals surface area contributed by atoms with Crippen LogP contribution >= 0.6 is 22.9 Å². The van der Waals surface area contributed by atoms with Crippen molar-refractivity contribution in [2.45, 2.75) is 26.2 Å². The highest BCUT2D eigenvalue weighted by atomic mass is 35.5. The van der Waals surface area contributed by atoms with Gasteiger partial charge in [0, 0.05) is 16.1 Å². The Morgan fingerprint density at radius 3 is 3.00 bits per heavy atom. The number of ketones is 1. The minimum Gasteiger partial charge on any atom is -0.340 e. The van der Waals surface area contributed by atoms with Crippen molar-refractivity contribution in [2.75, 3.05) is 5.32 Å². The molecule has 0 amide bonds. The first-order chi connectivity index (χ1) is 11.1. The standard InChI is InChI=1S/C17H14ClN3OS/c1-9(22)10-4-2-5-11(8-10)19-15-14-12-6-3-7-13(12)23-16(14)21-17(18)20-15/h2,4-5,8H,3,6-7H2,1H3,(H,19,20,21). The number of Topliss-reactive ketones (excluding diaryl/α,β-unsaturated/α-hetero) is 1. The summed E-state index contributed by atoms with van der Waals surface area (Å²) in [4.78, 5) is 22.6. The third-order valence-corrected chi connectivity index (χ3v) is 5.42. The quantitative estimate of drug-likeness (QED) is 0.549. The summed E-state index contributed by atoms with van der Waals surface area (Å²) >= 11 is 7.79. The fourth-order valence-corrected chi connectivity index (χ4v) is 4.49. The summed E-state index contributed by atoms with van der Waals surface area (Å²) < 4.78 is 0. The number of anilines is 2. The Kier molecular flexibility index (Phi) is 3.54. The van der Waals surface area contributed by atoms with Crippen LogP contribution in [-0.2, 0) is 12.8 Å². The molecule has 0 bridgehead atoms. The van der Waals surface area contributed by atoms with Crippen LogP contribution in [0.3, 0.4) is 0 Å². The van der Waals surface area contributed by atoms with E-state index in [4.69, 9.17) is 11.6 Å². The maximum atomic E-state index is 11.6. The van der Waals surface area contributed by atoms with Crippen LogP contribution in [-0.4, -0.2) is 15.8 Å². The normalized spacial score (nSPS) is 13.3. The van der Waals surface area contributed by atoms with Gasteiger partial charge in [-0.3, -0.25) is 4.79 Å². The summed E-state index contributed by atoms with van der Waals surface area (Å²) in [5.74, 6) is 0.760. The molecule has 4 nitrogen and oxygen atoms in total. The van der Waals surface area contributed by atoms with Crippen molar-refractivity contribution in [1.29, 1.82) is 0 Å². The number of hydrogen-bond acceptors (Lipinski definition) is 5. The van der Waals surface area contributed by atoms with E-state index >= 15 is 0 Å². The molecular weight excluding hydrogens is 330 g/mol. The molecule has 116 valence electrons. The maximum Gasteiger partial charge on any atom is 0.225 e. The molecule has 0 fully saturated rings. The smallest absolute Gasteiger partial charge is 0.225 e. The van der Waals surface area contributed by atoms with Crippen LogP contribution in [0.15, 0.2) is 24.3 Å². The molecule has 1 aliphatic carbocycles. The van der Waals surface area contributed by atoms with Gasteiger partial charge in [0.25, 0.3) is 0 Å². The highest BCUT2D eigenvalue weighted by Gasteiger charge is 2.22. The molecule has 2 heterocycles. The first-order valence-corrected chi connectivity index (χ1v) is 8.67. The molecule has 0 saturated heterocycles. The van der Waals surface area contributed by atoms with Gasteiger partial charge in [-0.2, -0.15) is 4.98 Å². The zero-order valence-electron chi connectivity index (χ0n) is 12.5. The lowest BCUT2D eigenvalue weighted by Gasteiger charge is -2.09. The van der Waals surface area contributed by atoms with E-state index < -0.39 is 0 Å². The van der Waals surface area contributed by atoms with Crippen molar-refractivity contribution in [3.8, 4) is 0 Å². The van der Waals surface area contributed by atoms with E-state index in [1.807, 2.05) is 18.2 Å². The van der Waals surface area contributed by atoms with Crippen LogP contribution in [0.4, 0.5) is 11.5 Å². The second-order valence-corrected chi connectivity index (χ2v) is 7.06. The number of aromatic nitrogens is 2. The Morgan fingerprint density at radius 1 is 1.30 bits per heavy atom. The lowest BCUT2D eigenvalue weighted by Crippen LogP contribution is -1.99. The predicted molar refractivity (Wildman–Crippen MR) is 94.2 cm³/mol. The Morgan fingerprint density at radius 2 is 2.17 bits per heavy atom. The first kappa shape index (κ1) is 14.6. The zero-order chi connectivity index (χ0) is 16.0. The Hall–Kier alpha value is -1.98. The largest absolute Gasteiger partial charge is 0.340 e. The van der Waals surface area contributed by atoms with Gasteiger partial charge in [-0.15, -0.1) is 11.3 Å². The molecule has 0 saturated carbocycles. The fraction of sp³-hybridized carbons (Fsp3) is 0.235. The van der Waals surface area contributed by atoms with Crippen LogP contribution in [0.1, 0.15) is 34.1 Å². The third-order valence-electron chi connectivity index (χ3n) is 4.07. The molecule has 4 rings (SSSR count). The first-order valence-electron chi connectivity index (χ1n) is 7.47. The molecular formula is C17H14ClN3OS. The van der Waals surface area contributed by atoms with Gasteiger partial charge in [-0.1, -0.05) is 12.1 Å². The van der Waals surface area contributed by atoms with Gasteiger partial charge >= 0.3 is 0 Å². The molecule has 1 N–H and O–H groups in total. The lowest BCUT2D eigenvalue weighted by molar-refractivity contribution is 0.101. The zero-order valence-corrected chi connectivity index (χ0v) is 14.1. The number of benzene rings is 1. The number of aryl methyl sites for hydroxylation is 2. The van der Waals surface area contributed by atoms with Gasteiger partial charge < -0.3 is 5.32 Å². The monoisotopic (exact) mass is 343 g/mol. The molecule has 1 aliphatic rings. The van der Waals surface area contributed by atoms with E-state index in [9.17, 15) is 4.79 Å². The van der Waals surface area contributed by atoms with Crippen molar-refractivity contribution in [3.63, 3.8) is 0 Å². The van der Waals surface area contributed by atoms with Crippen LogP contribution in [0, 0.1) is 0 Å². The number of fused-ring (bicyclic) bond motifs is 3. The number of halogens is 1. The minimum absolute atomic E-state index is 0.0379. The second kappa shape index (κ2) is 5.58. The lowest BCUT2D eigenvalue weighted by atomic mass is 10.1. The number of nitrogens with one attached hydrogen (secondary N) is 1. The molecule has 1 aromatic carbocycles. The molecule has 0 unspecified atom stereocenters. The second-order valence-electron chi connectivity index (χ2n) is 5.64. The average molecular weight is 344 g/mol. The van der Waals surface area contributed by atoms with Gasteiger partial charge in [0.2, 0.25) is 5.28 Å². The Labute approximate surface area is 142 Å². The molecule has 0 spiro atoms. The van der Waals surface area contributed by atoms with Crippen molar-refractivity contribution < 1.29 is 4.79 Å². The third kappa shape index (κ3) is 2.60. The van der Waals surface area contributed by atoms with E-state index in [2.05, 4.69) is 15.3 Å². The number of hydrogen-bond donors (Lipinski definition) is 1. The van der Waals surface area contributed by atoms with Gasteiger partial charge in [-0.25, -0.2) is 4.98 Å². The Balaban J connectivity index is 1.82. The average Bonchev–Trinajstić information content (AvgIpc) is 3.07. The van der Waals surface area contributed by atoms with Gasteiger partial charge in [0.05, 0.1) is 5.39 Å². The molecule has 23 heavy (non-hydrogen) atoms. The molecule has 2 aromatic heterocycles. The number of nitrogens with zero attached hydrogens (tertiary/aromatic N) is 2. The van der Waals surface area contributed by atoms with Crippen LogP contribution in [0.5, 0.6) is 0 Å². The summed E-state index contributed by atoms with van der Waals surface area (Å²) in [6.45, 7) is 1.56.